The third kappa shape index (κ3) is 5.96. The fraction of sp³-hybridized carbons (Fsp3) is 0.333. The highest BCUT2D eigenvalue weighted by Gasteiger charge is 2.34. The Morgan fingerprint density at radius 2 is 1.68 bits per heavy atom. The van der Waals surface area contributed by atoms with Gasteiger partial charge in [0.15, 0.2) is 12.2 Å². The fourth-order valence-corrected chi connectivity index (χ4v) is 3.25. The molecule has 10 heteroatoms. The van der Waals surface area contributed by atoms with Crippen LogP contribution in [0.4, 0.5) is 13.2 Å². The highest BCUT2D eigenvalue weighted by molar-refractivity contribution is 5.90. The SMILES string of the molecule is O=C(NCc1ccc(OC(F)(F)F)cc1)[C@H](O)[C@@H](O)C(=O)N1CCc2ccccc2C1. The zero-order chi connectivity index (χ0) is 22.6. The molecule has 0 bridgehead atoms. The first kappa shape index (κ1) is 22.6. The van der Waals surface area contributed by atoms with Crippen molar-refractivity contribution in [1.82, 2.24) is 10.2 Å². The quantitative estimate of drug-likeness (QED) is 0.635. The number of aliphatic hydroxyl groups is 2. The van der Waals surface area contributed by atoms with Crippen LogP contribution in [0.1, 0.15) is 16.7 Å². The molecule has 1 aliphatic heterocycles. The second kappa shape index (κ2) is 9.36. The van der Waals surface area contributed by atoms with Gasteiger partial charge in [0.2, 0.25) is 0 Å². The maximum atomic E-state index is 12.5. The van der Waals surface area contributed by atoms with Crippen LogP contribution < -0.4 is 10.1 Å². The monoisotopic (exact) mass is 438 g/mol. The minimum absolute atomic E-state index is 0.125. The Labute approximate surface area is 176 Å². The summed E-state index contributed by atoms with van der Waals surface area (Å²) in [4.78, 5) is 26.0. The molecule has 0 saturated heterocycles. The van der Waals surface area contributed by atoms with Gasteiger partial charge in [-0.05, 0) is 35.2 Å². The minimum Gasteiger partial charge on any atom is -0.406 e. The van der Waals surface area contributed by atoms with E-state index in [-0.39, 0.29) is 13.1 Å². The molecule has 1 heterocycles. The fourth-order valence-electron chi connectivity index (χ4n) is 3.25. The number of nitrogens with one attached hydrogen (secondary N) is 1. The first-order valence-electron chi connectivity index (χ1n) is 9.48. The molecular weight excluding hydrogens is 417 g/mol. The summed E-state index contributed by atoms with van der Waals surface area (Å²) >= 11 is 0. The van der Waals surface area contributed by atoms with E-state index < -0.39 is 36.1 Å². The number of fused-ring (bicyclic) bond motifs is 1. The van der Waals surface area contributed by atoms with Gasteiger partial charge in [-0.15, -0.1) is 13.2 Å². The second-order valence-electron chi connectivity index (χ2n) is 7.08. The van der Waals surface area contributed by atoms with Crippen LogP contribution in [0.2, 0.25) is 0 Å². The number of rotatable bonds is 6. The summed E-state index contributed by atoms with van der Waals surface area (Å²) in [5.41, 5.74) is 2.47. The van der Waals surface area contributed by atoms with Crippen LogP contribution in [0.3, 0.4) is 0 Å². The van der Waals surface area contributed by atoms with Crippen LogP contribution in [0, 0.1) is 0 Å². The Morgan fingerprint density at radius 1 is 1.03 bits per heavy atom. The second-order valence-corrected chi connectivity index (χ2v) is 7.08. The maximum Gasteiger partial charge on any atom is 0.573 e. The molecule has 0 unspecified atom stereocenters. The predicted octanol–water partition coefficient (Wildman–Crippen LogP) is 1.51. The van der Waals surface area contributed by atoms with Gasteiger partial charge in [0.05, 0.1) is 0 Å². The van der Waals surface area contributed by atoms with E-state index in [1.165, 1.54) is 17.0 Å². The van der Waals surface area contributed by atoms with Crippen LogP contribution in [0.25, 0.3) is 0 Å². The van der Waals surface area contributed by atoms with Crippen LogP contribution in [-0.4, -0.2) is 52.0 Å². The van der Waals surface area contributed by atoms with Crippen molar-refractivity contribution >= 4 is 11.8 Å². The number of carbonyl (C=O) groups is 2. The Morgan fingerprint density at radius 3 is 2.32 bits per heavy atom. The standard InChI is InChI=1S/C21H21F3N2O5/c22-21(23,24)31-16-7-5-13(6-8-16)11-25-19(29)17(27)18(28)20(30)26-10-9-14-3-1-2-4-15(14)12-26/h1-8,17-18,27-28H,9-12H2,(H,25,29)/t17-,18-/m1/s1. The van der Waals surface area contributed by atoms with Gasteiger partial charge in [-0.25, -0.2) is 0 Å². The zero-order valence-corrected chi connectivity index (χ0v) is 16.3. The summed E-state index contributed by atoms with van der Waals surface area (Å²) in [6.07, 6.45) is -8.13. The largest absolute Gasteiger partial charge is 0.573 e. The van der Waals surface area contributed by atoms with Crippen molar-refractivity contribution in [3.8, 4) is 5.75 Å². The molecule has 2 aromatic carbocycles. The summed E-state index contributed by atoms with van der Waals surface area (Å²) in [6.45, 7) is 0.501. The number of aliphatic hydroxyl groups excluding tert-OH is 2. The van der Waals surface area contributed by atoms with E-state index in [2.05, 4.69) is 10.1 Å². The lowest BCUT2D eigenvalue weighted by molar-refractivity contribution is -0.274. The summed E-state index contributed by atoms with van der Waals surface area (Å²) in [5, 5.41) is 22.6. The topological polar surface area (TPSA) is 99.1 Å². The molecule has 0 aliphatic carbocycles. The van der Waals surface area contributed by atoms with Crippen molar-refractivity contribution in [2.75, 3.05) is 6.54 Å². The molecule has 2 amide bonds. The molecule has 0 radical (unpaired) electrons. The summed E-state index contributed by atoms with van der Waals surface area (Å²) in [7, 11) is 0. The third-order valence-electron chi connectivity index (χ3n) is 4.89. The number of halogens is 3. The number of nitrogens with zero attached hydrogens (tertiary/aromatic N) is 1. The average molecular weight is 438 g/mol. The molecule has 2 atom stereocenters. The first-order valence-corrected chi connectivity index (χ1v) is 9.48. The van der Waals surface area contributed by atoms with Crippen LogP contribution in [-0.2, 0) is 29.1 Å². The zero-order valence-electron chi connectivity index (χ0n) is 16.3. The maximum absolute atomic E-state index is 12.5. The summed E-state index contributed by atoms with van der Waals surface area (Å²) < 4.78 is 40.3. The lowest BCUT2D eigenvalue weighted by Gasteiger charge is -2.31. The van der Waals surface area contributed by atoms with Crippen molar-refractivity contribution in [2.24, 2.45) is 0 Å². The number of ether oxygens (including phenoxy) is 1. The van der Waals surface area contributed by atoms with Crippen molar-refractivity contribution in [2.45, 2.75) is 38.1 Å². The first-order chi connectivity index (χ1) is 14.6. The molecule has 3 N–H and O–H groups in total. The molecule has 31 heavy (non-hydrogen) atoms. The Bertz CT molecular complexity index is 933. The molecule has 0 aromatic heterocycles. The van der Waals surface area contributed by atoms with Crippen molar-refractivity contribution in [3.05, 3.63) is 65.2 Å². The molecule has 0 saturated carbocycles. The Kier molecular flexibility index (Phi) is 6.81. The van der Waals surface area contributed by atoms with Gasteiger partial charge >= 0.3 is 6.36 Å². The molecule has 7 nitrogen and oxygen atoms in total. The third-order valence-corrected chi connectivity index (χ3v) is 4.89. The Hall–Kier alpha value is -3.11. The van der Waals surface area contributed by atoms with E-state index in [1.807, 2.05) is 24.3 Å². The number of benzene rings is 2. The number of hydrogen-bond acceptors (Lipinski definition) is 5. The molecule has 0 spiro atoms. The summed E-state index contributed by atoms with van der Waals surface area (Å²) in [6, 6.07) is 12.3. The highest BCUT2D eigenvalue weighted by atomic mass is 19.4. The lowest BCUT2D eigenvalue weighted by atomic mass is 9.99. The van der Waals surface area contributed by atoms with Crippen molar-refractivity contribution < 1.29 is 37.7 Å². The Balaban J connectivity index is 1.52. The van der Waals surface area contributed by atoms with E-state index in [0.29, 0.717) is 18.5 Å². The molecule has 1 aliphatic rings. The van der Waals surface area contributed by atoms with Gasteiger partial charge in [-0.2, -0.15) is 0 Å². The average Bonchev–Trinajstić information content (AvgIpc) is 2.75. The number of carbonyl (C=O) groups excluding carboxylic acids is 2. The van der Waals surface area contributed by atoms with E-state index in [1.54, 1.807) is 0 Å². The van der Waals surface area contributed by atoms with Crippen LogP contribution in [0.5, 0.6) is 5.75 Å². The van der Waals surface area contributed by atoms with Crippen LogP contribution >= 0.6 is 0 Å². The predicted molar refractivity (Wildman–Crippen MR) is 103 cm³/mol. The lowest BCUT2D eigenvalue weighted by Crippen LogP contribution is -2.51. The van der Waals surface area contributed by atoms with Crippen molar-refractivity contribution in [1.29, 1.82) is 0 Å². The van der Waals surface area contributed by atoms with Crippen LogP contribution in [0.15, 0.2) is 48.5 Å². The molecule has 166 valence electrons. The van der Waals surface area contributed by atoms with Gasteiger partial charge in [-0.1, -0.05) is 36.4 Å². The van der Waals surface area contributed by atoms with E-state index in [0.717, 1.165) is 23.3 Å². The summed E-state index contributed by atoms with van der Waals surface area (Å²) in [5.74, 6) is -2.15. The van der Waals surface area contributed by atoms with E-state index >= 15 is 0 Å². The molecule has 3 rings (SSSR count). The van der Waals surface area contributed by atoms with Gasteiger partial charge in [0, 0.05) is 19.6 Å². The normalized spacial score (nSPS) is 15.6. The van der Waals surface area contributed by atoms with Gasteiger partial charge in [-0.3, -0.25) is 9.59 Å². The molecule has 2 aromatic rings. The van der Waals surface area contributed by atoms with Gasteiger partial charge in [0.1, 0.15) is 5.75 Å². The highest BCUT2D eigenvalue weighted by Crippen LogP contribution is 2.23. The number of hydrogen-bond donors (Lipinski definition) is 3. The minimum atomic E-state index is -4.81. The van der Waals surface area contributed by atoms with Gasteiger partial charge in [0.25, 0.3) is 11.8 Å². The van der Waals surface area contributed by atoms with Gasteiger partial charge < -0.3 is 25.2 Å². The molecular formula is C21H21F3N2O5. The van der Waals surface area contributed by atoms with E-state index in [4.69, 9.17) is 0 Å². The molecule has 0 fully saturated rings. The number of alkyl halides is 3. The van der Waals surface area contributed by atoms with Crippen molar-refractivity contribution in [3.63, 3.8) is 0 Å². The smallest absolute Gasteiger partial charge is 0.406 e. The number of amides is 2. The van der Waals surface area contributed by atoms with E-state index in [9.17, 15) is 33.0 Å².